The van der Waals surface area contributed by atoms with Crippen LogP contribution in [0.4, 0.5) is 5.69 Å². The number of rotatable bonds is 7. The number of methoxy groups -OCH3 is 1. The van der Waals surface area contributed by atoms with Crippen LogP contribution in [-0.4, -0.2) is 51.1 Å². The zero-order chi connectivity index (χ0) is 22.8. The molecule has 2 aromatic carbocycles. The molecule has 0 bridgehead atoms. The predicted octanol–water partition coefficient (Wildman–Crippen LogP) is 2.86. The summed E-state index contributed by atoms with van der Waals surface area (Å²) in [5.74, 6) is 0.162. The molecule has 9 nitrogen and oxygen atoms in total. The summed E-state index contributed by atoms with van der Waals surface area (Å²) in [5.41, 5.74) is 0.835. The summed E-state index contributed by atoms with van der Waals surface area (Å²) in [4.78, 5) is -0.111. The Morgan fingerprint density at radius 3 is 2.38 bits per heavy atom. The topological polar surface area (TPSA) is 111 Å². The molecular formula is C21H24N4O5S2. The average molecular weight is 477 g/mol. The van der Waals surface area contributed by atoms with Gasteiger partial charge in [-0.2, -0.15) is 9.40 Å². The second kappa shape index (κ2) is 8.93. The van der Waals surface area contributed by atoms with Crippen molar-refractivity contribution in [2.24, 2.45) is 0 Å². The summed E-state index contributed by atoms with van der Waals surface area (Å²) in [6.45, 7) is 0.861. The van der Waals surface area contributed by atoms with Gasteiger partial charge in [0.25, 0.3) is 10.0 Å². The minimum atomic E-state index is -3.99. The highest BCUT2D eigenvalue weighted by molar-refractivity contribution is 7.92. The summed E-state index contributed by atoms with van der Waals surface area (Å²) >= 11 is 0. The molecule has 170 valence electrons. The number of anilines is 1. The van der Waals surface area contributed by atoms with Crippen LogP contribution in [-0.2, 0) is 20.0 Å². The van der Waals surface area contributed by atoms with Gasteiger partial charge in [-0.15, -0.1) is 0 Å². The molecule has 0 unspecified atom stereocenters. The van der Waals surface area contributed by atoms with Gasteiger partial charge in [-0.3, -0.25) is 4.72 Å². The summed E-state index contributed by atoms with van der Waals surface area (Å²) in [6.07, 6.45) is 5.20. The van der Waals surface area contributed by atoms with Crippen molar-refractivity contribution in [2.45, 2.75) is 29.1 Å². The van der Waals surface area contributed by atoms with Gasteiger partial charge in [0.1, 0.15) is 15.5 Å². The summed E-state index contributed by atoms with van der Waals surface area (Å²) in [5, 5.41) is 4.11. The minimum absolute atomic E-state index is 0.0439. The van der Waals surface area contributed by atoms with Crippen LogP contribution in [0.25, 0.3) is 5.69 Å². The fourth-order valence-electron chi connectivity index (χ4n) is 3.57. The van der Waals surface area contributed by atoms with Crippen molar-refractivity contribution in [1.29, 1.82) is 0 Å². The Labute approximate surface area is 187 Å². The van der Waals surface area contributed by atoms with Crippen LogP contribution in [0.15, 0.2) is 70.7 Å². The van der Waals surface area contributed by atoms with Gasteiger partial charge in [0, 0.05) is 13.1 Å². The molecular weight excluding hydrogens is 452 g/mol. The number of hydrogen-bond donors (Lipinski definition) is 1. The van der Waals surface area contributed by atoms with E-state index in [2.05, 4.69) is 9.82 Å². The number of benzene rings is 2. The van der Waals surface area contributed by atoms with Gasteiger partial charge in [-0.1, -0.05) is 24.6 Å². The third-order valence-corrected chi connectivity index (χ3v) is 8.49. The predicted molar refractivity (Wildman–Crippen MR) is 120 cm³/mol. The highest BCUT2D eigenvalue weighted by atomic mass is 32.2. The van der Waals surface area contributed by atoms with E-state index >= 15 is 0 Å². The second-order valence-corrected chi connectivity index (χ2v) is 11.0. The van der Waals surface area contributed by atoms with Crippen LogP contribution in [0.1, 0.15) is 19.3 Å². The molecule has 1 N–H and O–H groups in total. The maximum Gasteiger partial charge on any atom is 0.265 e. The lowest BCUT2D eigenvalue weighted by atomic mass is 10.2. The second-order valence-electron chi connectivity index (χ2n) is 7.39. The normalized spacial score (nSPS) is 15.4. The third-order valence-electron chi connectivity index (χ3n) is 5.24. The van der Waals surface area contributed by atoms with Crippen LogP contribution >= 0.6 is 0 Å². The maximum absolute atomic E-state index is 13.2. The summed E-state index contributed by atoms with van der Waals surface area (Å²) < 4.78 is 62.7. The smallest absolute Gasteiger partial charge is 0.265 e. The van der Waals surface area contributed by atoms with Gasteiger partial charge >= 0.3 is 0 Å². The fourth-order valence-corrected chi connectivity index (χ4v) is 6.25. The van der Waals surface area contributed by atoms with Crippen molar-refractivity contribution in [3.63, 3.8) is 0 Å². The molecule has 0 radical (unpaired) electrons. The number of hydrogen-bond acceptors (Lipinski definition) is 6. The number of nitrogens with zero attached hydrogens (tertiary/aromatic N) is 3. The largest absolute Gasteiger partial charge is 0.495 e. The maximum atomic E-state index is 13.2. The lowest BCUT2D eigenvalue weighted by Crippen LogP contribution is -2.35. The molecule has 1 fully saturated rings. The van der Waals surface area contributed by atoms with Crippen LogP contribution in [0.5, 0.6) is 5.75 Å². The quantitative estimate of drug-likeness (QED) is 0.561. The molecule has 1 aromatic heterocycles. The van der Waals surface area contributed by atoms with E-state index in [4.69, 9.17) is 4.74 Å². The molecule has 1 aliphatic heterocycles. The van der Waals surface area contributed by atoms with Crippen LogP contribution in [0.3, 0.4) is 0 Å². The van der Waals surface area contributed by atoms with E-state index < -0.39 is 20.0 Å². The van der Waals surface area contributed by atoms with Crippen molar-refractivity contribution < 1.29 is 21.6 Å². The van der Waals surface area contributed by atoms with Crippen LogP contribution in [0, 0.1) is 0 Å². The lowest BCUT2D eigenvalue weighted by molar-refractivity contribution is 0.343. The van der Waals surface area contributed by atoms with E-state index in [1.807, 2.05) is 18.2 Å². The summed E-state index contributed by atoms with van der Waals surface area (Å²) in [6, 6.07) is 13.3. The van der Waals surface area contributed by atoms with E-state index in [9.17, 15) is 16.8 Å². The van der Waals surface area contributed by atoms with Crippen molar-refractivity contribution in [3.8, 4) is 11.4 Å². The Morgan fingerprint density at radius 1 is 0.969 bits per heavy atom. The van der Waals surface area contributed by atoms with E-state index in [0.29, 0.717) is 18.8 Å². The highest BCUT2D eigenvalue weighted by Crippen LogP contribution is 2.32. The Bertz CT molecular complexity index is 1300. The van der Waals surface area contributed by atoms with Crippen molar-refractivity contribution in [3.05, 3.63) is 60.9 Å². The highest BCUT2D eigenvalue weighted by Gasteiger charge is 2.29. The zero-order valence-corrected chi connectivity index (χ0v) is 19.1. The first-order valence-corrected chi connectivity index (χ1v) is 13.0. The molecule has 32 heavy (non-hydrogen) atoms. The van der Waals surface area contributed by atoms with Crippen LogP contribution in [0.2, 0.25) is 0 Å². The number of piperidine rings is 1. The first-order chi connectivity index (χ1) is 15.3. The summed E-state index contributed by atoms with van der Waals surface area (Å²) in [7, 11) is -6.43. The van der Waals surface area contributed by atoms with Gasteiger partial charge < -0.3 is 4.74 Å². The molecule has 4 rings (SSSR count). The molecule has 0 spiro atoms. The Hall–Kier alpha value is -2.89. The number of aromatic nitrogens is 2. The number of nitrogens with one attached hydrogen (secondary N) is 1. The van der Waals surface area contributed by atoms with Crippen molar-refractivity contribution in [1.82, 2.24) is 14.1 Å². The third kappa shape index (κ3) is 4.50. The monoisotopic (exact) mass is 476 g/mol. The first-order valence-electron chi connectivity index (χ1n) is 10.1. The Morgan fingerprint density at radius 2 is 1.69 bits per heavy atom. The van der Waals surface area contributed by atoms with E-state index in [1.165, 1.54) is 46.7 Å². The molecule has 2 heterocycles. The molecule has 0 aliphatic carbocycles. The SMILES string of the molecule is COc1ccc(NS(=O)(=O)c2cnn(-c3ccccc3)c2)cc1S(=O)(=O)N1CCCCC1. The minimum Gasteiger partial charge on any atom is -0.495 e. The van der Waals surface area contributed by atoms with Crippen LogP contribution < -0.4 is 9.46 Å². The molecule has 1 aliphatic rings. The standard InChI is InChI=1S/C21H24N4O5S2/c1-30-20-11-10-17(14-21(20)32(28,29)24-12-6-3-7-13-24)23-31(26,27)19-15-22-25(16-19)18-8-4-2-5-9-18/h2,4-5,8-11,14-16,23H,3,6-7,12-13H2,1H3. The lowest BCUT2D eigenvalue weighted by Gasteiger charge is -2.26. The number of para-hydroxylation sites is 1. The fraction of sp³-hybridized carbons (Fsp3) is 0.286. The van der Waals surface area contributed by atoms with E-state index in [0.717, 1.165) is 19.3 Å². The number of sulfonamides is 2. The van der Waals surface area contributed by atoms with Crippen molar-refractivity contribution >= 4 is 25.7 Å². The first kappa shape index (κ1) is 22.3. The van der Waals surface area contributed by atoms with Gasteiger partial charge in [0.05, 0.1) is 30.9 Å². The van der Waals surface area contributed by atoms with Gasteiger partial charge in [0.2, 0.25) is 10.0 Å². The average Bonchev–Trinajstić information content (AvgIpc) is 3.31. The van der Waals surface area contributed by atoms with Gasteiger partial charge in [0.15, 0.2) is 0 Å². The van der Waals surface area contributed by atoms with Gasteiger partial charge in [-0.25, -0.2) is 21.5 Å². The molecule has 3 aromatic rings. The molecule has 1 saturated heterocycles. The Balaban J connectivity index is 1.63. The molecule has 0 amide bonds. The van der Waals surface area contributed by atoms with Gasteiger partial charge in [-0.05, 0) is 43.2 Å². The van der Waals surface area contributed by atoms with Crippen molar-refractivity contribution in [2.75, 3.05) is 24.9 Å². The van der Waals surface area contributed by atoms with E-state index in [1.54, 1.807) is 12.1 Å². The molecule has 11 heteroatoms. The van der Waals surface area contributed by atoms with E-state index in [-0.39, 0.29) is 21.2 Å². The molecule has 0 saturated carbocycles. The zero-order valence-electron chi connectivity index (χ0n) is 17.5. The Kier molecular flexibility index (Phi) is 6.22. The number of ether oxygens (including phenoxy) is 1. The molecule has 0 atom stereocenters.